The van der Waals surface area contributed by atoms with Crippen LogP contribution in [0.5, 0.6) is 0 Å². The van der Waals surface area contributed by atoms with Gasteiger partial charge in [-0.1, -0.05) is 13.5 Å². The summed E-state index contributed by atoms with van der Waals surface area (Å²) in [5.41, 5.74) is 0.517. The smallest absolute Gasteiger partial charge is 0.442 e. The molecule has 0 aromatic rings. The molecule has 0 radical (unpaired) electrons. The second-order valence-electron chi connectivity index (χ2n) is 4.36. The normalized spacial score (nSPS) is 12.7. The molecule has 0 bridgehead atoms. The van der Waals surface area contributed by atoms with Crippen LogP contribution in [-0.4, -0.2) is 51.2 Å². The monoisotopic (exact) mass is 282 g/mol. The highest BCUT2D eigenvalue weighted by Gasteiger charge is 2.18. The molecule has 8 heteroatoms. The second-order valence-corrected chi connectivity index (χ2v) is 5.36. The van der Waals surface area contributed by atoms with Crippen LogP contribution in [0.2, 0.25) is 0 Å². The molecule has 18 heavy (non-hydrogen) atoms. The zero-order chi connectivity index (χ0) is 15.0. The Hall–Kier alpha value is -0.960. The number of hydrogen-bond donors (Lipinski definition) is 1. The lowest BCUT2D eigenvalue weighted by Crippen LogP contribution is -2.36. The number of hydrogen-bond acceptors (Lipinski definition) is 5. The fraction of sp³-hybridized carbons (Fsp3) is 0.700. The minimum Gasteiger partial charge on any atom is -0.859 e. The highest BCUT2D eigenvalue weighted by molar-refractivity contribution is 7.80. The van der Waals surface area contributed by atoms with Crippen LogP contribution in [0.15, 0.2) is 17.1 Å². The summed E-state index contributed by atoms with van der Waals surface area (Å²) in [6.07, 6.45) is 0.916. The van der Waals surface area contributed by atoms with Crippen molar-refractivity contribution in [2.24, 2.45) is 4.99 Å². The lowest BCUT2D eigenvalue weighted by atomic mass is 10.3. The molecule has 0 aliphatic rings. The van der Waals surface area contributed by atoms with Crippen molar-refractivity contribution >= 4 is 16.3 Å². The van der Waals surface area contributed by atoms with E-state index in [1.54, 1.807) is 6.92 Å². The maximum atomic E-state index is 10.6. The fourth-order valence-electron chi connectivity index (χ4n) is 0.631. The van der Waals surface area contributed by atoms with Crippen LogP contribution in [0.1, 0.15) is 20.3 Å². The van der Waals surface area contributed by atoms with Gasteiger partial charge < -0.3 is 10.1 Å². The largest absolute Gasteiger partial charge is 0.859 e. The van der Waals surface area contributed by atoms with E-state index in [0.29, 0.717) is 12.1 Å². The Labute approximate surface area is 109 Å². The zero-order valence-corrected chi connectivity index (χ0v) is 12.3. The number of aliphatic imine (C=N–C) groups is 1. The molecule has 0 aromatic heterocycles. The summed E-state index contributed by atoms with van der Waals surface area (Å²) in [4.78, 5) is 3.70. The molecule has 0 saturated heterocycles. The summed E-state index contributed by atoms with van der Waals surface area (Å²) in [5, 5.41) is 10.6. The second kappa shape index (κ2) is 8.20. The third kappa shape index (κ3) is 17.4. The van der Waals surface area contributed by atoms with Crippen LogP contribution < -0.4 is 5.11 Å². The molecule has 0 amide bonds. The van der Waals surface area contributed by atoms with Gasteiger partial charge in [0.2, 0.25) is 0 Å². The van der Waals surface area contributed by atoms with Crippen molar-refractivity contribution in [3.8, 4) is 0 Å². The molecule has 0 aliphatic carbocycles. The minimum absolute atomic E-state index is 0.170. The lowest BCUT2D eigenvalue weighted by Gasteiger charge is -2.16. The van der Waals surface area contributed by atoms with Gasteiger partial charge in [-0.3, -0.25) is 4.55 Å². The summed E-state index contributed by atoms with van der Waals surface area (Å²) in [5.74, 6) is -0.170. The van der Waals surface area contributed by atoms with E-state index >= 15 is 0 Å². The molecule has 0 spiro atoms. The Kier molecular flexibility index (Phi) is 8.83. The standard InChI is InChI=1S/C7H13NO.C3H9NO4S/c1-4-5-8-7(9)6(2)3;1-4(2,3)8-9(5,6)7/h2,4-5H2,1,3H3,(H,8,9);1-3H3. The maximum Gasteiger partial charge on any atom is 0.442 e. The minimum atomic E-state index is -4.31. The average molecular weight is 282 g/mol. The number of hydroxylamine groups is 3. The molecule has 0 aromatic carbocycles. The van der Waals surface area contributed by atoms with E-state index in [2.05, 4.69) is 15.9 Å². The topological polar surface area (TPSA) is 99.0 Å². The molecular weight excluding hydrogens is 260 g/mol. The molecule has 0 rings (SSSR count). The molecule has 0 saturated carbocycles. The van der Waals surface area contributed by atoms with Gasteiger partial charge in [-0.25, -0.2) is 0 Å². The van der Waals surface area contributed by atoms with Gasteiger partial charge in [-0.2, -0.15) is 13.1 Å². The van der Waals surface area contributed by atoms with Crippen molar-refractivity contribution in [2.45, 2.75) is 20.3 Å². The molecule has 1 N–H and O–H groups in total. The van der Waals surface area contributed by atoms with E-state index < -0.39 is 10.4 Å². The first-order valence-corrected chi connectivity index (χ1v) is 6.63. The van der Waals surface area contributed by atoms with E-state index in [1.807, 2.05) is 6.92 Å². The van der Waals surface area contributed by atoms with E-state index in [-0.39, 0.29) is 10.5 Å². The zero-order valence-electron chi connectivity index (χ0n) is 11.5. The van der Waals surface area contributed by atoms with Gasteiger partial charge in [-0.15, -0.1) is 0 Å². The molecular formula is C10H22N2O5S. The predicted octanol–water partition coefficient (Wildman–Crippen LogP) is 0.158. The average Bonchev–Trinajstić information content (AvgIpc) is 2.08. The number of quaternary nitrogens is 1. The van der Waals surface area contributed by atoms with Crippen molar-refractivity contribution in [2.75, 3.05) is 27.7 Å². The first kappa shape index (κ1) is 19.4. The van der Waals surface area contributed by atoms with Crippen molar-refractivity contribution in [1.82, 2.24) is 0 Å². The van der Waals surface area contributed by atoms with Gasteiger partial charge in [0.15, 0.2) is 0 Å². The van der Waals surface area contributed by atoms with Gasteiger partial charge in [-0.05, 0) is 29.1 Å². The Morgan fingerprint density at radius 2 is 1.89 bits per heavy atom. The van der Waals surface area contributed by atoms with E-state index in [1.165, 1.54) is 21.1 Å². The Morgan fingerprint density at radius 3 is 2.06 bits per heavy atom. The third-order valence-electron chi connectivity index (χ3n) is 1.16. The maximum absolute atomic E-state index is 10.6. The molecule has 0 atom stereocenters. The van der Waals surface area contributed by atoms with Crippen molar-refractivity contribution in [1.29, 1.82) is 0 Å². The van der Waals surface area contributed by atoms with Crippen LogP contribution >= 0.6 is 0 Å². The van der Waals surface area contributed by atoms with Gasteiger partial charge >= 0.3 is 10.4 Å². The van der Waals surface area contributed by atoms with Crippen LogP contribution in [-0.2, 0) is 14.7 Å². The van der Waals surface area contributed by atoms with E-state index in [9.17, 15) is 13.5 Å². The summed E-state index contributed by atoms with van der Waals surface area (Å²) < 4.78 is 31.8. The predicted molar refractivity (Wildman–Crippen MR) is 68.1 cm³/mol. The number of nitrogens with zero attached hydrogens (tertiary/aromatic N) is 2. The molecule has 7 nitrogen and oxygen atoms in total. The summed E-state index contributed by atoms with van der Waals surface area (Å²) >= 11 is 0. The van der Waals surface area contributed by atoms with Gasteiger partial charge in [0.25, 0.3) is 0 Å². The van der Waals surface area contributed by atoms with E-state index in [0.717, 1.165) is 6.42 Å². The van der Waals surface area contributed by atoms with Gasteiger partial charge in [0.05, 0.1) is 21.1 Å². The molecule has 0 fully saturated rings. The first-order valence-electron chi connectivity index (χ1n) is 5.26. The highest BCUT2D eigenvalue weighted by atomic mass is 32.3. The molecule has 0 aliphatic heterocycles. The first-order chi connectivity index (χ1) is 7.89. The molecule has 0 heterocycles. The van der Waals surface area contributed by atoms with E-state index in [4.69, 9.17) is 4.55 Å². The van der Waals surface area contributed by atoms with Crippen molar-refractivity contribution in [3.05, 3.63) is 12.2 Å². The van der Waals surface area contributed by atoms with Gasteiger partial charge in [0, 0.05) is 6.54 Å². The lowest BCUT2D eigenvalue weighted by molar-refractivity contribution is -1.03. The molecule has 108 valence electrons. The van der Waals surface area contributed by atoms with Crippen LogP contribution in [0.4, 0.5) is 0 Å². The highest BCUT2D eigenvalue weighted by Crippen LogP contribution is 1.96. The number of rotatable bonds is 5. The van der Waals surface area contributed by atoms with Gasteiger partial charge in [0.1, 0.15) is 0 Å². The Balaban J connectivity index is 0. The van der Waals surface area contributed by atoms with Crippen LogP contribution in [0.3, 0.4) is 0 Å². The van der Waals surface area contributed by atoms with Crippen molar-refractivity contribution < 1.29 is 27.0 Å². The Bertz CT molecular complexity index is 382. The van der Waals surface area contributed by atoms with Crippen LogP contribution in [0, 0.1) is 0 Å². The van der Waals surface area contributed by atoms with Crippen molar-refractivity contribution in [3.63, 3.8) is 0 Å². The summed E-state index contributed by atoms with van der Waals surface area (Å²) in [6.45, 7) is 7.73. The molecule has 0 unspecified atom stereocenters. The Morgan fingerprint density at radius 1 is 1.44 bits per heavy atom. The summed E-state index contributed by atoms with van der Waals surface area (Å²) in [7, 11) is 0.0885. The quantitative estimate of drug-likeness (QED) is 0.254. The SMILES string of the molecule is C=C(C)C([O-])=NCCC.C[N+](C)(C)OS(=O)(=O)O. The fourth-order valence-corrected chi connectivity index (χ4v) is 1.20. The summed E-state index contributed by atoms with van der Waals surface area (Å²) in [6, 6.07) is 0. The van der Waals surface area contributed by atoms with Crippen LogP contribution in [0.25, 0.3) is 0 Å². The third-order valence-corrected chi connectivity index (χ3v) is 1.80.